The fraction of sp³-hybridized carbons (Fsp3) is 0.407. The molecule has 0 bridgehead atoms. The van der Waals surface area contributed by atoms with E-state index in [0.29, 0.717) is 18.3 Å². The van der Waals surface area contributed by atoms with Crippen molar-refractivity contribution in [2.75, 3.05) is 38.2 Å². The van der Waals surface area contributed by atoms with E-state index in [2.05, 4.69) is 14.8 Å². The number of hydrogen-bond acceptors (Lipinski definition) is 5. The third-order valence-electron chi connectivity index (χ3n) is 7.40. The smallest absolute Gasteiger partial charge is 0.154 e. The monoisotopic (exact) mass is 447 g/mol. The zero-order valence-corrected chi connectivity index (χ0v) is 19.2. The molecule has 0 aliphatic carbocycles. The second-order valence-corrected chi connectivity index (χ2v) is 9.37. The van der Waals surface area contributed by atoms with Crippen LogP contribution in [0, 0.1) is 17.7 Å². The number of ketones is 1. The predicted octanol–water partition coefficient (Wildman–Crippen LogP) is 4.34. The summed E-state index contributed by atoms with van der Waals surface area (Å²) in [6.07, 6.45) is 3.33. The van der Waals surface area contributed by atoms with Crippen molar-refractivity contribution in [3.05, 3.63) is 66.1 Å². The number of piperidine rings is 1. The molecule has 2 aromatic carbocycles. The maximum atomic E-state index is 13.9. The van der Waals surface area contributed by atoms with Gasteiger partial charge in [-0.25, -0.2) is 4.39 Å². The van der Waals surface area contributed by atoms with Crippen molar-refractivity contribution in [1.82, 2.24) is 9.88 Å². The van der Waals surface area contributed by atoms with Crippen molar-refractivity contribution in [2.45, 2.75) is 25.8 Å². The Balaban J connectivity index is 1.25. The van der Waals surface area contributed by atoms with E-state index in [1.54, 1.807) is 19.2 Å². The number of fused-ring (bicyclic) bond motifs is 2. The van der Waals surface area contributed by atoms with Crippen molar-refractivity contribution in [2.24, 2.45) is 11.8 Å². The molecule has 0 amide bonds. The van der Waals surface area contributed by atoms with Crippen LogP contribution in [0.1, 0.15) is 18.9 Å². The van der Waals surface area contributed by atoms with Gasteiger partial charge in [0.2, 0.25) is 0 Å². The number of methoxy groups -OCH3 is 1. The molecule has 3 atom stereocenters. The number of nitrogens with zero attached hydrogens (tertiary/aromatic N) is 3. The standard InChI is InChI=1S/C27H30FN3O2/c1-18(27(32)13-19-3-6-23(33-2)7-4-19)30-12-10-20-15-31(17-21(20)16-30)26-9-11-29-25-8-5-22(28)14-24(25)26/h3-9,11,14,18,20-21H,10,12-13,15-17H2,1-2H3. The summed E-state index contributed by atoms with van der Waals surface area (Å²) < 4.78 is 19.1. The second kappa shape index (κ2) is 9.10. The molecule has 0 radical (unpaired) electrons. The van der Waals surface area contributed by atoms with Crippen LogP contribution in [0.5, 0.6) is 5.75 Å². The predicted molar refractivity (Wildman–Crippen MR) is 128 cm³/mol. The number of halogens is 1. The average Bonchev–Trinajstić information content (AvgIpc) is 3.26. The van der Waals surface area contributed by atoms with Gasteiger partial charge in [-0.3, -0.25) is 14.7 Å². The molecule has 2 fully saturated rings. The molecule has 6 heteroatoms. The molecule has 3 unspecified atom stereocenters. The van der Waals surface area contributed by atoms with E-state index in [1.807, 2.05) is 43.5 Å². The van der Waals surface area contributed by atoms with Crippen LogP contribution in [0.3, 0.4) is 0 Å². The Labute approximate surface area is 194 Å². The maximum Gasteiger partial charge on any atom is 0.154 e. The first-order valence-corrected chi connectivity index (χ1v) is 11.7. The van der Waals surface area contributed by atoms with Crippen molar-refractivity contribution in [1.29, 1.82) is 0 Å². The number of rotatable bonds is 6. The quantitative estimate of drug-likeness (QED) is 0.563. The van der Waals surface area contributed by atoms with E-state index in [1.165, 1.54) is 6.07 Å². The van der Waals surface area contributed by atoms with Gasteiger partial charge in [0, 0.05) is 43.3 Å². The van der Waals surface area contributed by atoms with Crippen LogP contribution in [0.2, 0.25) is 0 Å². The molecule has 5 nitrogen and oxygen atoms in total. The molecule has 2 aliphatic heterocycles. The molecule has 2 aliphatic rings. The van der Waals surface area contributed by atoms with Crippen LogP contribution in [-0.2, 0) is 11.2 Å². The summed E-state index contributed by atoms with van der Waals surface area (Å²) in [6.45, 7) is 5.81. The SMILES string of the molecule is COc1ccc(CC(=O)C(C)N2CCC3CN(c4ccnc5ccc(F)cc45)CC3C2)cc1. The first kappa shape index (κ1) is 21.8. The Morgan fingerprint density at radius 1 is 1.12 bits per heavy atom. The third kappa shape index (κ3) is 4.44. The van der Waals surface area contributed by atoms with Gasteiger partial charge in [0.05, 0.1) is 18.7 Å². The maximum absolute atomic E-state index is 13.9. The van der Waals surface area contributed by atoms with E-state index in [4.69, 9.17) is 4.74 Å². The Morgan fingerprint density at radius 2 is 1.91 bits per heavy atom. The van der Waals surface area contributed by atoms with Gasteiger partial charge in [-0.05, 0) is 73.7 Å². The Morgan fingerprint density at radius 3 is 2.70 bits per heavy atom. The highest BCUT2D eigenvalue weighted by molar-refractivity contribution is 5.91. The van der Waals surface area contributed by atoms with Gasteiger partial charge in [0.15, 0.2) is 5.78 Å². The fourth-order valence-electron chi connectivity index (χ4n) is 5.42. The number of carbonyl (C=O) groups is 1. The molecular formula is C27H30FN3O2. The van der Waals surface area contributed by atoms with Gasteiger partial charge in [0.25, 0.3) is 0 Å². The van der Waals surface area contributed by atoms with Crippen molar-refractivity contribution >= 4 is 22.4 Å². The number of hydrogen-bond donors (Lipinski definition) is 0. The lowest BCUT2D eigenvalue weighted by Gasteiger charge is -2.37. The lowest BCUT2D eigenvalue weighted by atomic mass is 9.87. The molecule has 3 aromatic rings. The van der Waals surface area contributed by atoms with Crippen LogP contribution < -0.4 is 9.64 Å². The summed E-state index contributed by atoms with van der Waals surface area (Å²) in [6, 6.07) is 14.4. The minimum Gasteiger partial charge on any atom is -0.497 e. The Bertz CT molecular complexity index is 1150. The van der Waals surface area contributed by atoms with Crippen molar-refractivity contribution in [3.63, 3.8) is 0 Å². The lowest BCUT2D eigenvalue weighted by molar-refractivity contribution is -0.123. The topological polar surface area (TPSA) is 45.7 Å². The van der Waals surface area contributed by atoms with Crippen LogP contribution >= 0.6 is 0 Å². The van der Waals surface area contributed by atoms with Crippen molar-refractivity contribution in [3.8, 4) is 5.75 Å². The molecule has 5 rings (SSSR count). The first-order valence-electron chi connectivity index (χ1n) is 11.7. The molecule has 1 aromatic heterocycles. The van der Waals surface area contributed by atoms with E-state index < -0.39 is 0 Å². The summed E-state index contributed by atoms with van der Waals surface area (Å²) in [4.78, 5) is 22.1. The van der Waals surface area contributed by atoms with E-state index in [9.17, 15) is 9.18 Å². The van der Waals surface area contributed by atoms with Gasteiger partial charge < -0.3 is 9.64 Å². The Kier molecular flexibility index (Phi) is 6.02. The zero-order valence-electron chi connectivity index (χ0n) is 19.2. The normalized spacial score (nSPS) is 21.7. The second-order valence-electron chi connectivity index (χ2n) is 9.37. The summed E-state index contributed by atoms with van der Waals surface area (Å²) in [5.41, 5.74) is 2.90. The highest BCUT2D eigenvalue weighted by Crippen LogP contribution is 2.37. The molecular weight excluding hydrogens is 417 g/mol. The summed E-state index contributed by atoms with van der Waals surface area (Å²) in [7, 11) is 1.64. The van der Waals surface area contributed by atoms with Gasteiger partial charge in [-0.2, -0.15) is 0 Å². The number of ether oxygens (including phenoxy) is 1. The number of anilines is 1. The number of benzene rings is 2. The molecule has 2 saturated heterocycles. The van der Waals surface area contributed by atoms with Gasteiger partial charge in [0.1, 0.15) is 11.6 Å². The van der Waals surface area contributed by atoms with Crippen molar-refractivity contribution < 1.29 is 13.9 Å². The number of aromatic nitrogens is 1. The molecule has 0 N–H and O–H groups in total. The van der Waals surface area contributed by atoms with E-state index in [-0.39, 0.29) is 17.6 Å². The van der Waals surface area contributed by atoms with Gasteiger partial charge >= 0.3 is 0 Å². The first-order chi connectivity index (χ1) is 16.0. The van der Waals surface area contributed by atoms with Gasteiger partial charge in [-0.15, -0.1) is 0 Å². The van der Waals surface area contributed by atoms with Crippen LogP contribution in [-0.4, -0.2) is 55.0 Å². The highest BCUT2D eigenvalue weighted by atomic mass is 19.1. The van der Waals surface area contributed by atoms with Crippen LogP contribution in [0.15, 0.2) is 54.7 Å². The average molecular weight is 448 g/mol. The van der Waals surface area contributed by atoms with E-state index in [0.717, 1.165) is 60.5 Å². The molecule has 172 valence electrons. The fourth-order valence-corrected chi connectivity index (χ4v) is 5.42. The van der Waals surface area contributed by atoms with Gasteiger partial charge in [-0.1, -0.05) is 12.1 Å². The largest absolute Gasteiger partial charge is 0.497 e. The molecule has 0 spiro atoms. The summed E-state index contributed by atoms with van der Waals surface area (Å²) >= 11 is 0. The number of likely N-dealkylation sites (tertiary alicyclic amines) is 1. The third-order valence-corrected chi connectivity index (χ3v) is 7.40. The Hall–Kier alpha value is -2.99. The zero-order chi connectivity index (χ0) is 22.9. The summed E-state index contributed by atoms with van der Waals surface area (Å²) in [5.74, 6) is 1.93. The molecule has 0 saturated carbocycles. The number of pyridine rings is 1. The number of carbonyl (C=O) groups excluding carboxylic acids is 1. The van der Waals surface area contributed by atoms with Crippen LogP contribution in [0.4, 0.5) is 10.1 Å². The molecule has 3 heterocycles. The lowest BCUT2D eigenvalue weighted by Crippen LogP contribution is -2.48. The highest BCUT2D eigenvalue weighted by Gasteiger charge is 2.39. The molecule has 33 heavy (non-hydrogen) atoms. The van der Waals surface area contributed by atoms with Crippen LogP contribution in [0.25, 0.3) is 10.9 Å². The van der Waals surface area contributed by atoms with E-state index >= 15 is 0 Å². The minimum atomic E-state index is -0.233. The minimum absolute atomic E-state index is 0.0991. The summed E-state index contributed by atoms with van der Waals surface area (Å²) in [5, 5.41) is 0.871. The number of Topliss-reactive ketones (excluding diaryl/α,β-unsaturated/α-hetero) is 1.